The second-order valence-corrected chi connectivity index (χ2v) is 5.73. The van der Waals surface area contributed by atoms with E-state index in [2.05, 4.69) is 10.2 Å². The van der Waals surface area contributed by atoms with Crippen LogP contribution >= 0.6 is 0 Å². The molecule has 0 amide bonds. The molecule has 0 aliphatic heterocycles. The van der Waals surface area contributed by atoms with E-state index in [0.29, 0.717) is 11.3 Å². The van der Waals surface area contributed by atoms with Crippen LogP contribution in [0.15, 0.2) is 66.7 Å². The summed E-state index contributed by atoms with van der Waals surface area (Å²) in [7, 11) is 0. The molecule has 0 spiro atoms. The normalized spacial score (nSPS) is 11.0. The lowest BCUT2D eigenvalue weighted by atomic mass is 10.1. The first-order chi connectivity index (χ1) is 13.1. The van der Waals surface area contributed by atoms with Crippen LogP contribution in [-0.4, -0.2) is 14.8 Å². The lowest BCUT2D eigenvalue weighted by molar-refractivity contribution is 0.457. The number of aromatic nitrogens is 3. The van der Waals surface area contributed by atoms with Gasteiger partial charge in [-0.15, -0.1) is 10.2 Å². The number of hydrogen-bond donors (Lipinski definition) is 0. The molecule has 1 aromatic heterocycles. The molecular weight excluding hydrogens is 358 g/mol. The Kier molecular flexibility index (Phi) is 4.19. The first-order valence-corrected chi connectivity index (χ1v) is 7.97. The van der Waals surface area contributed by atoms with Gasteiger partial charge in [-0.05, 0) is 12.1 Å². The van der Waals surface area contributed by atoms with Crippen LogP contribution in [0.2, 0.25) is 0 Å². The molecule has 27 heavy (non-hydrogen) atoms. The van der Waals surface area contributed by atoms with Gasteiger partial charge >= 0.3 is 0 Å². The fraction of sp³-hybridized carbons (Fsp3) is 0. The van der Waals surface area contributed by atoms with Crippen molar-refractivity contribution < 1.29 is 17.6 Å². The van der Waals surface area contributed by atoms with Crippen LogP contribution in [-0.2, 0) is 0 Å². The number of para-hydroxylation sites is 1. The van der Waals surface area contributed by atoms with E-state index in [4.69, 9.17) is 0 Å². The second-order valence-electron chi connectivity index (χ2n) is 5.73. The van der Waals surface area contributed by atoms with Gasteiger partial charge in [0.15, 0.2) is 34.9 Å². The lowest BCUT2D eigenvalue weighted by Gasteiger charge is -2.12. The Morgan fingerprint density at radius 3 is 1.74 bits per heavy atom. The highest BCUT2D eigenvalue weighted by molar-refractivity contribution is 5.67. The maximum atomic E-state index is 14.4. The van der Waals surface area contributed by atoms with Crippen molar-refractivity contribution in [2.45, 2.75) is 0 Å². The van der Waals surface area contributed by atoms with Crippen molar-refractivity contribution in [2.24, 2.45) is 0 Å². The first-order valence-electron chi connectivity index (χ1n) is 7.97. The lowest BCUT2D eigenvalue weighted by Crippen LogP contribution is -2.05. The summed E-state index contributed by atoms with van der Waals surface area (Å²) in [5.41, 5.74) is 0.198. The average Bonchev–Trinajstić information content (AvgIpc) is 3.13. The summed E-state index contributed by atoms with van der Waals surface area (Å²) >= 11 is 0. The summed E-state index contributed by atoms with van der Waals surface area (Å²) in [5, 5.41) is 7.86. The van der Waals surface area contributed by atoms with Crippen molar-refractivity contribution in [3.63, 3.8) is 0 Å². The average molecular weight is 369 g/mol. The standard InChI is InChI=1S/C20H11F4N3/c21-14-11-15(22)18(24)16(17(14)23)20-26-25-19(12-7-3-1-4-8-12)27(20)13-9-5-2-6-10-13/h1-11H. The van der Waals surface area contributed by atoms with Crippen LogP contribution in [0.25, 0.3) is 28.5 Å². The third-order valence-corrected chi connectivity index (χ3v) is 4.04. The van der Waals surface area contributed by atoms with Crippen molar-refractivity contribution in [1.29, 1.82) is 0 Å². The summed E-state index contributed by atoms with van der Waals surface area (Å²) in [6, 6.07) is 17.5. The van der Waals surface area contributed by atoms with Gasteiger partial charge in [0, 0.05) is 17.3 Å². The van der Waals surface area contributed by atoms with Gasteiger partial charge in [0.05, 0.1) is 5.56 Å². The van der Waals surface area contributed by atoms with E-state index in [1.165, 1.54) is 4.57 Å². The molecule has 0 fully saturated rings. The van der Waals surface area contributed by atoms with Crippen molar-refractivity contribution >= 4 is 0 Å². The van der Waals surface area contributed by atoms with E-state index in [1.54, 1.807) is 60.7 Å². The zero-order valence-corrected chi connectivity index (χ0v) is 13.7. The molecule has 0 N–H and O–H groups in total. The Morgan fingerprint density at radius 1 is 0.630 bits per heavy atom. The molecule has 0 aliphatic rings. The topological polar surface area (TPSA) is 30.7 Å². The molecule has 0 atom stereocenters. The SMILES string of the molecule is Fc1cc(F)c(F)c(-c2nnc(-c3ccccc3)n2-c2ccccc2)c1F. The van der Waals surface area contributed by atoms with Crippen molar-refractivity contribution in [1.82, 2.24) is 14.8 Å². The first kappa shape index (κ1) is 17.0. The summed E-state index contributed by atoms with van der Waals surface area (Å²) in [5.74, 6) is -6.13. The van der Waals surface area contributed by atoms with Gasteiger partial charge in [0.25, 0.3) is 0 Å². The molecule has 0 saturated carbocycles. The van der Waals surface area contributed by atoms with Crippen LogP contribution < -0.4 is 0 Å². The van der Waals surface area contributed by atoms with Crippen LogP contribution in [0.3, 0.4) is 0 Å². The van der Waals surface area contributed by atoms with E-state index in [1.807, 2.05) is 0 Å². The molecular formula is C20H11F4N3. The molecule has 0 saturated heterocycles. The van der Waals surface area contributed by atoms with E-state index in [-0.39, 0.29) is 17.7 Å². The molecule has 3 nitrogen and oxygen atoms in total. The molecule has 3 aromatic carbocycles. The van der Waals surface area contributed by atoms with E-state index in [9.17, 15) is 17.6 Å². The molecule has 0 unspecified atom stereocenters. The van der Waals surface area contributed by atoms with Crippen LogP contribution in [0.1, 0.15) is 0 Å². The number of rotatable bonds is 3. The predicted molar refractivity (Wildman–Crippen MR) is 92.1 cm³/mol. The number of benzene rings is 3. The second kappa shape index (κ2) is 6.68. The van der Waals surface area contributed by atoms with E-state index < -0.39 is 28.8 Å². The summed E-state index contributed by atoms with van der Waals surface area (Å²) in [4.78, 5) is 0. The maximum Gasteiger partial charge on any atom is 0.175 e. The number of nitrogens with zero attached hydrogens (tertiary/aromatic N) is 3. The zero-order chi connectivity index (χ0) is 19.0. The van der Waals surface area contributed by atoms with Crippen LogP contribution in [0, 0.1) is 23.3 Å². The Morgan fingerprint density at radius 2 is 1.15 bits per heavy atom. The molecule has 134 valence electrons. The molecule has 0 radical (unpaired) electrons. The van der Waals surface area contributed by atoms with Crippen LogP contribution in [0.4, 0.5) is 17.6 Å². The van der Waals surface area contributed by atoms with Gasteiger partial charge in [0.1, 0.15) is 0 Å². The fourth-order valence-electron chi connectivity index (χ4n) is 2.81. The van der Waals surface area contributed by atoms with Gasteiger partial charge in [-0.25, -0.2) is 17.6 Å². The molecule has 0 aliphatic carbocycles. The third kappa shape index (κ3) is 2.87. The van der Waals surface area contributed by atoms with Crippen molar-refractivity contribution in [3.8, 4) is 28.5 Å². The van der Waals surface area contributed by atoms with Crippen molar-refractivity contribution in [3.05, 3.63) is 90.0 Å². The van der Waals surface area contributed by atoms with Crippen molar-refractivity contribution in [2.75, 3.05) is 0 Å². The minimum Gasteiger partial charge on any atom is -0.275 e. The Hall–Kier alpha value is -3.48. The van der Waals surface area contributed by atoms with Gasteiger partial charge in [-0.3, -0.25) is 4.57 Å². The highest BCUT2D eigenvalue weighted by Gasteiger charge is 2.27. The van der Waals surface area contributed by atoms with Gasteiger partial charge in [0.2, 0.25) is 0 Å². The zero-order valence-electron chi connectivity index (χ0n) is 13.7. The third-order valence-electron chi connectivity index (χ3n) is 4.04. The molecule has 4 rings (SSSR count). The monoisotopic (exact) mass is 369 g/mol. The Bertz CT molecular complexity index is 1080. The summed E-state index contributed by atoms with van der Waals surface area (Å²) in [6.07, 6.45) is 0. The summed E-state index contributed by atoms with van der Waals surface area (Å²) < 4.78 is 57.6. The number of halogens is 4. The molecule has 7 heteroatoms. The molecule has 0 bridgehead atoms. The van der Waals surface area contributed by atoms with Gasteiger partial charge in [-0.2, -0.15) is 0 Å². The predicted octanol–water partition coefficient (Wildman–Crippen LogP) is 5.16. The quantitative estimate of drug-likeness (QED) is 0.369. The van der Waals surface area contributed by atoms with Gasteiger partial charge in [-0.1, -0.05) is 48.5 Å². The molecule has 4 aromatic rings. The smallest absolute Gasteiger partial charge is 0.175 e. The highest BCUT2D eigenvalue weighted by Crippen LogP contribution is 2.33. The van der Waals surface area contributed by atoms with Gasteiger partial charge < -0.3 is 0 Å². The Balaban J connectivity index is 2.06. The largest absolute Gasteiger partial charge is 0.275 e. The minimum atomic E-state index is -1.53. The maximum absolute atomic E-state index is 14.4. The minimum absolute atomic E-state index is 0.162. The fourth-order valence-corrected chi connectivity index (χ4v) is 2.81. The van der Waals surface area contributed by atoms with Crippen LogP contribution in [0.5, 0.6) is 0 Å². The highest BCUT2D eigenvalue weighted by atomic mass is 19.2. The molecule has 1 heterocycles. The summed E-state index contributed by atoms with van der Waals surface area (Å²) in [6.45, 7) is 0. The van der Waals surface area contributed by atoms with E-state index >= 15 is 0 Å². The number of hydrogen-bond acceptors (Lipinski definition) is 2. The Labute approximate surface area is 151 Å². The van der Waals surface area contributed by atoms with E-state index in [0.717, 1.165) is 0 Å².